The number of aromatic nitrogens is 4. The lowest BCUT2D eigenvalue weighted by molar-refractivity contribution is -0.0888. The second kappa shape index (κ2) is 14.8. The normalized spacial score (nSPS) is 22.6. The fourth-order valence-electron chi connectivity index (χ4n) is 5.48. The molecule has 1 aliphatic rings. The molecule has 1 amide bonds. The van der Waals surface area contributed by atoms with Gasteiger partial charge in [0.15, 0.2) is 23.2 Å². The van der Waals surface area contributed by atoms with Crippen molar-refractivity contribution in [1.29, 1.82) is 0 Å². The van der Waals surface area contributed by atoms with Crippen molar-refractivity contribution < 1.29 is 27.0 Å². The van der Waals surface area contributed by atoms with Gasteiger partial charge in [-0.25, -0.2) is 34.6 Å². The van der Waals surface area contributed by atoms with Gasteiger partial charge in [-0.05, 0) is 53.2 Å². The first-order chi connectivity index (χ1) is 21.7. The highest BCUT2D eigenvalue weighted by molar-refractivity contribution is 7.88. The number of anilines is 1. The van der Waals surface area contributed by atoms with Crippen LogP contribution in [0.4, 0.5) is 5.82 Å². The Kier molecular flexibility index (Phi) is 11.5. The summed E-state index contributed by atoms with van der Waals surface area (Å²) in [7, 11) is -3.99. The molecular weight excluding hydrogens is 631 g/mol. The first-order valence-electron chi connectivity index (χ1n) is 15.1. The van der Waals surface area contributed by atoms with Crippen LogP contribution >= 0.6 is 8.53 Å². The Bertz CT molecular complexity index is 1640. The number of carbonyl (C=O) groups excluding carboxylic acids is 1. The number of carbonyl (C=O) groups is 1. The number of sulfonamides is 1. The maximum absolute atomic E-state index is 13.1. The molecule has 2 aromatic heterocycles. The van der Waals surface area contributed by atoms with E-state index >= 15 is 0 Å². The minimum Gasteiger partial charge on any atom is -0.347 e. The van der Waals surface area contributed by atoms with Gasteiger partial charge in [-0.15, -0.1) is 0 Å². The molecule has 0 spiro atoms. The van der Waals surface area contributed by atoms with Crippen molar-refractivity contribution in [1.82, 2.24) is 28.5 Å². The van der Waals surface area contributed by atoms with E-state index in [0.717, 1.165) is 6.26 Å². The molecule has 3 aromatic rings. The van der Waals surface area contributed by atoms with E-state index in [1.54, 1.807) is 28.8 Å². The second-order valence-electron chi connectivity index (χ2n) is 11.9. The number of nitrogens with zero attached hydrogens (tertiary/aromatic N) is 7. The summed E-state index contributed by atoms with van der Waals surface area (Å²) in [6.45, 7) is 19.5. The van der Waals surface area contributed by atoms with Gasteiger partial charge in [0.2, 0.25) is 16.6 Å². The molecule has 14 nitrogen and oxygen atoms in total. The number of hydrogen-bond acceptors (Lipinski definition) is 10. The van der Waals surface area contributed by atoms with Gasteiger partial charge >= 0.3 is 0 Å². The van der Waals surface area contributed by atoms with E-state index in [1.165, 1.54) is 24.0 Å². The Balaban J connectivity index is 1.79. The number of fused-ring (bicyclic) bond motifs is 1. The Labute approximate surface area is 272 Å². The highest BCUT2D eigenvalue weighted by atomic mass is 32.2. The Morgan fingerprint density at radius 1 is 1.20 bits per heavy atom. The molecule has 1 unspecified atom stereocenters. The predicted molar refractivity (Wildman–Crippen MR) is 176 cm³/mol. The highest BCUT2D eigenvalue weighted by Gasteiger charge is 2.58. The van der Waals surface area contributed by atoms with Crippen LogP contribution in [0, 0.1) is 6.57 Å². The van der Waals surface area contributed by atoms with Crippen molar-refractivity contribution >= 4 is 41.4 Å². The quantitative estimate of drug-likeness (QED) is 0.145. The molecule has 16 heteroatoms. The van der Waals surface area contributed by atoms with Gasteiger partial charge in [-0.1, -0.05) is 25.1 Å². The largest absolute Gasteiger partial charge is 0.347 e. The minimum atomic E-state index is -3.76. The van der Waals surface area contributed by atoms with Crippen molar-refractivity contribution in [2.75, 3.05) is 31.8 Å². The Morgan fingerprint density at radius 3 is 2.46 bits per heavy atom. The number of ether oxygens (including phenoxy) is 1. The van der Waals surface area contributed by atoms with Crippen LogP contribution in [0.15, 0.2) is 43.0 Å². The lowest BCUT2D eigenvalue weighted by Crippen LogP contribution is -2.51. The van der Waals surface area contributed by atoms with Gasteiger partial charge < -0.3 is 23.9 Å². The van der Waals surface area contributed by atoms with Gasteiger partial charge in [-0.3, -0.25) is 9.36 Å². The molecule has 0 radical (unpaired) electrons. The van der Waals surface area contributed by atoms with Gasteiger partial charge in [0.05, 0.1) is 24.2 Å². The molecule has 1 aliphatic heterocycles. The molecule has 0 saturated carbocycles. The van der Waals surface area contributed by atoms with Crippen LogP contribution in [0.5, 0.6) is 0 Å². The van der Waals surface area contributed by atoms with E-state index < -0.39 is 42.5 Å². The monoisotopic (exact) mass is 674 g/mol. The smallest absolute Gasteiger partial charge is 0.259 e. The van der Waals surface area contributed by atoms with E-state index in [4.69, 9.17) is 20.4 Å². The fourth-order valence-corrected chi connectivity index (χ4v) is 7.97. The van der Waals surface area contributed by atoms with Gasteiger partial charge in [-0.2, -0.15) is 4.31 Å². The number of hydrogen-bond donors (Lipinski definition) is 1. The first-order valence-corrected chi connectivity index (χ1v) is 18.1. The maximum Gasteiger partial charge on any atom is 0.259 e. The van der Waals surface area contributed by atoms with Crippen molar-refractivity contribution in [2.24, 2.45) is 0 Å². The van der Waals surface area contributed by atoms with E-state index in [0.29, 0.717) is 23.1 Å². The number of rotatable bonds is 14. The maximum atomic E-state index is 13.1. The van der Waals surface area contributed by atoms with E-state index in [2.05, 4.69) is 29.8 Å². The predicted octanol–water partition coefficient (Wildman–Crippen LogP) is 4.70. The molecule has 1 N–H and O–H groups in total. The zero-order valence-electron chi connectivity index (χ0n) is 27.5. The van der Waals surface area contributed by atoms with Crippen molar-refractivity contribution in [3.05, 3.63) is 60.0 Å². The first kappa shape index (κ1) is 35.8. The summed E-state index contributed by atoms with van der Waals surface area (Å²) < 4.78 is 51.1. The number of likely N-dealkylation sites (N-methyl/N-ethyl adjacent to an activating group) is 1. The minimum absolute atomic E-state index is 0.0370. The number of benzene rings is 1. The van der Waals surface area contributed by atoms with Gasteiger partial charge in [0, 0.05) is 24.7 Å². The molecule has 1 fully saturated rings. The summed E-state index contributed by atoms with van der Waals surface area (Å²) >= 11 is 0. The fraction of sp³-hybridized carbons (Fsp3) is 0.567. The van der Waals surface area contributed by atoms with Crippen LogP contribution in [-0.2, 0) is 23.8 Å². The molecule has 5 atom stereocenters. The molecule has 250 valence electrons. The average Bonchev–Trinajstić information content (AvgIpc) is 3.56. The standard InChI is InChI=1S/C30H43N8O6PS/c1-10-30(6)25(44-45(42-17-16-31-7)38(20(2)3)21(4)5)24(36(8)46(9,40)41)29(43-30)37-19-34-23-26(32-18-33-27(23)37)35-28(39)22-14-12-11-13-15-22/h11-15,18-21,24-25,29H,10,16-17H2,1-6,8-9H3,(H,32,33,35,39)/t24-,25+,29-,30-,45?/m1/s1. The Hall–Kier alpha value is -3.09. The Morgan fingerprint density at radius 2 is 1.87 bits per heavy atom. The topological polar surface area (TPSA) is 145 Å². The van der Waals surface area contributed by atoms with E-state index in [1.807, 2.05) is 47.6 Å². The van der Waals surface area contributed by atoms with Crippen LogP contribution in [0.2, 0.25) is 0 Å². The summed E-state index contributed by atoms with van der Waals surface area (Å²) in [5.41, 5.74) is 0.143. The molecule has 4 rings (SSSR count). The third-order valence-electron chi connectivity index (χ3n) is 8.00. The van der Waals surface area contributed by atoms with E-state index in [9.17, 15) is 13.2 Å². The molecular formula is C30H43N8O6PS. The molecule has 1 aromatic carbocycles. The number of nitrogens with one attached hydrogen (secondary N) is 1. The molecule has 46 heavy (non-hydrogen) atoms. The number of imidazole rings is 1. The van der Waals surface area contributed by atoms with Crippen molar-refractivity contribution in [3.8, 4) is 0 Å². The van der Waals surface area contributed by atoms with Crippen molar-refractivity contribution in [2.45, 2.75) is 84.0 Å². The zero-order valence-corrected chi connectivity index (χ0v) is 29.2. The summed E-state index contributed by atoms with van der Waals surface area (Å²) in [5.74, 6) is -0.156. The summed E-state index contributed by atoms with van der Waals surface area (Å²) in [6.07, 6.45) is 2.73. The van der Waals surface area contributed by atoms with Crippen LogP contribution in [-0.4, -0.2) is 99.1 Å². The van der Waals surface area contributed by atoms with Crippen LogP contribution in [0.1, 0.15) is 64.5 Å². The van der Waals surface area contributed by atoms with Crippen LogP contribution in [0.25, 0.3) is 16.0 Å². The van der Waals surface area contributed by atoms with E-state index in [-0.39, 0.29) is 37.0 Å². The SMILES string of the molecule is [C-]#[N+]CCOP(O[C@H]1[C@@H](N(C)S(C)(=O)=O)[C@H](n2cnc3c(NC(=O)c4ccccc4)ncnc32)O[C@]1(C)CC)N(C(C)C)C(C)C. The molecule has 0 aliphatic carbocycles. The molecule has 3 heterocycles. The third-order valence-corrected chi connectivity index (χ3v) is 11.4. The molecule has 0 bridgehead atoms. The summed E-state index contributed by atoms with van der Waals surface area (Å²) in [5, 5.41) is 2.81. The lowest BCUT2D eigenvalue weighted by atomic mass is 9.93. The molecule has 1 saturated heterocycles. The second-order valence-corrected chi connectivity index (χ2v) is 15.3. The number of amides is 1. The van der Waals surface area contributed by atoms with Crippen LogP contribution in [0.3, 0.4) is 0 Å². The summed E-state index contributed by atoms with van der Waals surface area (Å²) in [6, 6.07) is 7.94. The van der Waals surface area contributed by atoms with Crippen molar-refractivity contribution in [3.63, 3.8) is 0 Å². The third kappa shape index (κ3) is 7.55. The van der Waals surface area contributed by atoms with Crippen LogP contribution < -0.4 is 5.32 Å². The zero-order chi connectivity index (χ0) is 33.8. The van der Waals surface area contributed by atoms with Gasteiger partial charge in [0.1, 0.15) is 19.0 Å². The van der Waals surface area contributed by atoms with Gasteiger partial charge in [0.25, 0.3) is 14.4 Å². The lowest BCUT2D eigenvalue weighted by Gasteiger charge is -2.41. The summed E-state index contributed by atoms with van der Waals surface area (Å²) in [4.78, 5) is 29.6. The highest BCUT2D eigenvalue weighted by Crippen LogP contribution is 2.54. The average molecular weight is 675 g/mol.